The molecule has 0 saturated carbocycles. The number of aromatic amines is 3. The maximum atomic E-state index is 11.5. The molecule has 1 fully saturated rings. The Balaban J connectivity index is 0.000000140. The lowest BCUT2D eigenvalue weighted by Gasteiger charge is -2.16. The van der Waals surface area contributed by atoms with Gasteiger partial charge in [0, 0.05) is 54.4 Å². The molecule has 46 heavy (non-hydrogen) atoms. The van der Waals surface area contributed by atoms with Gasteiger partial charge in [-0.3, -0.25) is 9.55 Å². The molecule has 4 atom stereocenters. The molecule has 0 radical (unpaired) electrons. The molecule has 7 aromatic rings. The second kappa shape index (κ2) is 17.7. The summed E-state index contributed by atoms with van der Waals surface area (Å²) in [6.45, 7) is -0.453. The molecule has 0 aliphatic carbocycles. The highest BCUT2D eigenvalue weighted by Crippen LogP contribution is 2.27. The molecule has 0 amide bonds. The van der Waals surface area contributed by atoms with E-state index in [0.29, 0.717) is 0 Å². The Morgan fingerprint density at radius 3 is 1.74 bits per heavy atom. The van der Waals surface area contributed by atoms with Crippen LogP contribution in [0.3, 0.4) is 0 Å². The highest BCUT2D eigenvalue weighted by molar-refractivity contribution is 5.79. The monoisotopic (exact) mass is 623 g/mol. The van der Waals surface area contributed by atoms with Crippen molar-refractivity contribution in [2.75, 3.05) is 12.3 Å². The van der Waals surface area contributed by atoms with E-state index in [1.165, 1.54) is 34.1 Å². The molecule has 12 heteroatoms. The number of rotatable bonds is 2. The SMILES string of the molecule is Nc1ccn([C@@H]2O[C@H](CO)[C@@H](O)[C@H]2O)c(=O)n1.c1cc[nH]c1.c1ccc2[nH]ccc2c1.c1ccc2[nH]ccc2c1.c1ccncc1. The topological polar surface area (TPSA) is 191 Å². The summed E-state index contributed by atoms with van der Waals surface area (Å²) in [7, 11) is 0. The van der Waals surface area contributed by atoms with Crippen LogP contribution in [0.15, 0.2) is 145 Å². The largest absolute Gasteiger partial charge is 0.394 e. The minimum atomic E-state index is -1.31. The molecule has 1 aliphatic heterocycles. The number of aliphatic hydroxyl groups excluding tert-OH is 3. The quantitative estimate of drug-likeness (QED) is 0.151. The molecular formula is C34H37N7O5. The lowest BCUT2D eigenvalue weighted by Crippen LogP contribution is -2.36. The van der Waals surface area contributed by atoms with Crippen molar-refractivity contribution in [3.8, 4) is 0 Å². The Morgan fingerprint density at radius 2 is 1.33 bits per heavy atom. The Kier molecular flexibility index (Phi) is 12.8. The summed E-state index contributed by atoms with van der Waals surface area (Å²) in [5.74, 6) is 0.0537. The highest BCUT2D eigenvalue weighted by Gasteiger charge is 2.43. The van der Waals surface area contributed by atoms with Crippen LogP contribution < -0.4 is 11.4 Å². The van der Waals surface area contributed by atoms with Gasteiger partial charge in [0.15, 0.2) is 6.23 Å². The zero-order chi connectivity index (χ0) is 32.6. The number of hydrogen-bond acceptors (Lipinski definition) is 8. The molecule has 0 bridgehead atoms. The van der Waals surface area contributed by atoms with E-state index in [2.05, 4.69) is 61.3 Å². The van der Waals surface area contributed by atoms with Gasteiger partial charge in [0.2, 0.25) is 0 Å². The van der Waals surface area contributed by atoms with Crippen molar-refractivity contribution in [3.63, 3.8) is 0 Å². The van der Waals surface area contributed by atoms with Crippen LogP contribution in [0.4, 0.5) is 5.82 Å². The molecule has 238 valence electrons. The lowest BCUT2D eigenvalue weighted by atomic mass is 10.1. The number of nitrogen functional groups attached to an aromatic ring is 1. The normalized spacial score (nSPS) is 18.1. The van der Waals surface area contributed by atoms with Crippen LogP contribution in [0.1, 0.15) is 6.23 Å². The zero-order valence-electron chi connectivity index (χ0n) is 24.9. The number of nitrogens with zero attached hydrogens (tertiary/aromatic N) is 3. The zero-order valence-corrected chi connectivity index (χ0v) is 24.9. The average molecular weight is 624 g/mol. The highest BCUT2D eigenvalue weighted by atomic mass is 16.6. The van der Waals surface area contributed by atoms with E-state index in [-0.39, 0.29) is 5.82 Å². The van der Waals surface area contributed by atoms with Gasteiger partial charge >= 0.3 is 5.69 Å². The van der Waals surface area contributed by atoms with Gasteiger partial charge in [-0.1, -0.05) is 42.5 Å². The fourth-order valence-corrected chi connectivity index (χ4v) is 4.31. The van der Waals surface area contributed by atoms with Crippen LogP contribution >= 0.6 is 0 Å². The van der Waals surface area contributed by atoms with E-state index >= 15 is 0 Å². The number of para-hydroxylation sites is 2. The van der Waals surface area contributed by atoms with E-state index < -0.39 is 36.8 Å². The van der Waals surface area contributed by atoms with E-state index in [1.807, 2.05) is 79.4 Å². The van der Waals surface area contributed by atoms with Crippen molar-refractivity contribution in [3.05, 3.63) is 151 Å². The number of nitrogens with two attached hydrogens (primary N) is 1. The Bertz CT molecular complexity index is 1700. The van der Waals surface area contributed by atoms with Gasteiger partial charge in [0.05, 0.1) is 6.61 Å². The summed E-state index contributed by atoms with van der Waals surface area (Å²) in [6, 6.07) is 31.5. The van der Waals surface area contributed by atoms with Gasteiger partial charge < -0.3 is 40.7 Å². The van der Waals surface area contributed by atoms with Crippen LogP contribution in [0, 0.1) is 0 Å². The van der Waals surface area contributed by atoms with Crippen molar-refractivity contribution in [1.82, 2.24) is 29.5 Å². The number of fused-ring (bicyclic) bond motifs is 2. The van der Waals surface area contributed by atoms with Gasteiger partial charge in [0.25, 0.3) is 0 Å². The van der Waals surface area contributed by atoms with E-state index in [9.17, 15) is 15.0 Å². The minimum absolute atomic E-state index is 0.0537. The Morgan fingerprint density at radius 1 is 0.739 bits per heavy atom. The molecule has 6 heterocycles. The number of hydrogen-bond donors (Lipinski definition) is 7. The predicted octanol–water partition coefficient (Wildman–Crippen LogP) is 3.87. The number of anilines is 1. The number of aromatic nitrogens is 6. The lowest BCUT2D eigenvalue weighted by molar-refractivity contribution is -0.0549. The second-order valence-electron chi connectivity index (χ2n) is 9.81. The number of benzene rings is 2. The first kappa shape index (κ1) is 33.4. The fraction of sp³-hybridized carbons (Fsp3) is 0.147. The number of pyridine rings is 1. The third kappa shape index (κ3) is 9.74. The van der Waals surface area contributed by atoms with Crippen molar-refractivity contribution in [1.29, 1.82) is 0 Å². The fourth-order valence-electron chi connectivity index (χ4n) is 4.31. The summed E-state index contributed by atoms with van der Waals surface area (Å²) in [5.41, 5.74) is 7.04. The predicted molar refractivity (Wildman–Crippen MR) is 178 cm³/mol. The van der Waals surface area contributed by atoms with Crippen LogP contribution in [-0.4, -0.2) is 69.7 Å². The van der Waals surface area contributed by atoms with Gasteiger partial charge in [-0.15, -0.1) is 0 Å². The van der Waals surface area contributed by atoms with E-state index in [4.69, 9.17) is 15.6 Å². The summed E-state index contributed by atoms with van der Waals surface area (Å²) >= 11 is 0. The first-order valence-electron chi connectivity index (χ1n) is 14.4. The Labute approximate surface area is 264 Å². The maximum absolute atomic E-state index is 11.5. The van der Waals surface area contributed by atoms with Gasteiger partial charge in [-0.25, -0.2) is 4.79 Å². The molecule has 0 unspecified atom stereocenters. The van der Waals surface area contributed by atoms with Gasteiger partial charge in [-0.2, -0.15) is 4.98 Å². The average Bonchev–Trinajstić information content (AvgIpc) is 3.93. The standard InChI is InChI=1S/C9H13N3O5.2C8H7N.C5H5N.C4H5N/c10-5-1-2-12(9(16)11-5)8-7(15)6(14)4(3-13)17-8;2*1-2-4-8-7(3-1)5-6-9-8;1-2-4-6-5-3-1;1-2-4-5-3-1/h1-2,4,6-8,13-15H,3H2,(H2,10,11,16);2*1-6,9H;1-5H;1-5H/t4-,6-,7-,8-;;;;/m1..../s1. The third-order valence-electron chi connectivity index (χ3n) is 6.63. The molecule has 12 nitrogen and oxygen atoms in total. The summed E-state index contributed by atoms with van der Waals surface area (Å²) in [4.78, 5) is 27.9. The molecule has 1 aliphatic rings. The molecule has 2 aromatic carbocycles. The number of nitrogens with one attached hydrogen (secondary N) is 3. The van der Waals surface area contributed by atoms with Crippen LogP contribution in [-0.2, 0) is 4.74 Å². The molecule has 8 rings (SSSR count). The molecule has 5 aromatic heterocycles. The molecule has 8 N–H and O–H groups in total. The summed E-state index contributed by atoms with van der Waals surface area (Å²) in [5, 5.41) is 30.7. The second-order valence-corrected chi connectivity index (χ2v) is 9.81. The van der Waals surface area contributed by atoms with E-state index in [1.54, 1.807) is 12.4 Å². The molecule has 0 spiro atoms. The first-order chi connectivity index (χ1) is 22.5. The van der Waals surface area contributed by atoms with Crippen molar-refractivity contribution < 1.29 is 20.1 Å². The van der Waals surface area contributed by atoms with Crippen LogP contribution in [0.2, 0.25) is 0 Å². The smallest absolute Gasteiger partial charge is 0.351 e. The van der Waals surface area contributed by atoms with Crippen molar-refractivity contribution in [2.24, 2.45) is 0 Å². The number of aliphatic hydroxyl groups is 3. The maximum Gasteiger partial charge on any atom is 0.351 e. The van der Waals surface area contributed by atoms with Crippen molar-refractivity contribution in [2.45, 2.75) is 24.5 Å². The minimum Gasteiger partial charge on any atom is -0.394 e. The summed E-state index contributed by atoms with van der Waals surface area (Å²) in [6.07, 6.45) is 7.88. The molecular weight excluding hydrogens is 586 g/mol. The Hall–Kier alpha value is -5.53. The van der Waals surface area contributed by atoms with E-state index in [0.717, 1.165) is 4.57 Å². The number of H-pyrrole nitrogens is 3. The van der Waals surface area contributed by atoms with Crippen LogP contribution in [0.5, 0.6) is 0 Å². The summed E-state index contributed by atoms with van der Waals surface area (Å²) < 4.78 is 6.19. The van der Waals surface area contributed by atoms with Crippen molar-refractivity contribution >= 4 is 27.6 Å². The van der Waals surface area contributed by atoms with Crippen LogP contribution in [0.25, 0.3) is 21.8 Å². The molecule has 1 saturated heterocycles. The van der Waals surface area contributed by atoms with Gasteiger partial charge in [-0.05, 0) is 65.4 Å². The third-order valence-corrected chi connectivity index (χ3v) is 6.63. The van der Waals surface area contributed by atoms with Gasteiger partial charge in [0.1, 0.15) is 24.1 Å². The number of ether oxygens (including phenoxy) is 1. The first-order valence-corrected chi connectivity index (χ1v) is 14.4.